The Morgan fingerprint density at radius 2 is 2.18 bits per heavy atom. The SMILES string of the molecule is CNC(=O)[C@H](C#N)C(=O)c1ccc(I)c(F)c1. The number of hydrogen-bond acceptors (Lipinski definition) is 3. The third-order valence-electron chi connectivity index (χ3n) is 2.10. The third-order valence-corrected chi connectivity index (χ3v) is 2.98. The van der Waals surface area contributed by atoms with Crippen LogP contribution < -0.4 is 5.32 Å². The molecule has 0 aliphatic heterocycles. The number of nitrogens with zero attached hydrogens (tertiary/aromatic N) is 1. The maximum atomic E-state index is 13.2. The fourth-order valence-corrected chi connectivity index (χ4v) is 1.53. The second kappa shape index (κ2) is 5.72. The minimum absolute atomic E-state index is 0.0121. The Balaban J connectivity index is 3.07. The summed E-state index contributed by atoms with van der Waals surface area (Å²) in [5.41, 5.74) is 0.0121. The molecule has 1 aromatic rings. The molecule has 0 saturated heterocycles. The summed E-state index contributed by atoms with van der Waals surface area (Å²) in [7, 11) is 1.33. The fraction of sp³-hybridized carbons (Fsp3) is 0.182. The molecule has 1 N–H and O–H groups in total. The van der Waals surface area contributed by atoms with Gasteiger partial charge in [0, 0.05) is 16.2 Å². The fourth-order valence-electron chi connectivity index (χ4n) is 1.20. The van der Waals surface area contributed by atoms with Crippen LogP contribution in [0, 0.1) is 26.6 Å². The summed E-state index contributed by atoms with van der Waals surface area (Å²) < 4.78 is 13.6. The van der Waals surface area contributed by atoms with Gasteiger partial charge in [0.2, 0.25) is 5.91 Å². The molecular weight excluding hydrogens is 338 g/mol. The minimum Gasteiger partial charge on any atom is -0.358 e. The number of Topliss-reactive ketones (excluding diaryl/α,β-unsaturated/α-hetero) is 1. The molecule has 0 aliphatic carbocycles. The molecule has 0 aromatic heterocycles. The van der Waals surface area contributed by atoms with E-state index in [1.54, 1.807) is 28.7 Å². The van der Waals surface area contributed by atoms with Gasteiger partial charge in [-0.25, -0.2) is 4.39 Å². The Hall–Kier alpha value is -1.49. The van der Waals surface area contributed by atoms with E-state index in [-0.39, 0.29) is 5.56 Å². The van der Waals surface area contributed by atoms with E-state index < -0.39 is 23.4 Å². The molecule has 4 nitrogen and oxygen atoms in total. The molecule has 1 rings (SSSR count). The lowest BCUT2D eigenvalue weighted by Gasteiger charge is -2.07. The van der Waals surface area contributed by atoms with Crippen molar-refractivity contribution in [2.45, 2.75) is 0 Å². The Kier molecular flexibility index (Phi) is 4.57. The first kappa shape index (κ1) is 13.6. The summed E-state index contributed by atoms with van der Waals surface area (Å²) in [5, 5.41) is 11.0. The van der Waals surface area contributed by atoms with Gasteiger partial charge in [-0.1, -0.05) is 6.07 Å². The first-order valence-corrected chi connectivity index (χ1v) is 5.69. The van der Waals surface area contributed by atoms with Crippen molar-refractivity contribution >= 4 is 34.3 Å². The van der Waals surface area contributed by atoms with Crippen LogP contribution in [0.15, 0.2) is 18.2 Å². The van der Waals surface area contributed by atoms with E-state index >= 15 is 0 Å². The van der Waals surface area contributed by atoms with Gasteiger partial charge in [-0.2, -0.15) is 5.26 Å². The van der Waals surface area contributed by atoms with Crippen molar-refractivity contribution < 1.29 is 14.0 Å². The van der Waals surface area contributed by atoms with Gasteiger partial charge in [-0.05, 0) is 34.7 Å². The number of halogens is 2. The van der Waals surface area contributed by atoms with E-state index in [9.17, 15) is 14.0 Å². The Morgan fingerprint density at radius 1 is 1.53 bits per heavy atom. The Labute approximate surface area is 111 Å². The summed E-state index contributed by atoms with van der Waals surface area (Å²) in [6.07, 6.45) is 0. The summed E-state index contributed by atoms with van der Waals surface area (Å²) in [6.45, 7) is 0. The minimum atomic E-state index is -1.44. The van der Waals surface area contributed by atoms with Crippen LogP contribution in [0.1, 0.15) is 10.4 Å². The molecule has 1 atom stereocenters. The van der Waals surface area contributed by atoms with Crippen molar-refractivity contribution in [2.24, 2.45) is 5.92 Å². The molecule has 88 valence electrons. The number of amides is 1. The summed E-state index contributed by atoms with van der Waals surface area (Å²) >= 11 is 1.78. The zero-order valence-corrected chi connectivity index (χ0v) is 11.0. The van der Waals surface area contributed by atoms with E-state index in [1.165, 1.54) is 19.2 Å². The third kappa shape index (κ3) is 3.00. The van der Waals surface area contributed by atoms with E-state index in [4.69, 9.17) is 5.26 Å². The highest BCUT2D eigenvalue weighted by molar-refractivity contribution is 14.1. The number of nitrogens with one attached hydrogen (secondary N) is 1. The van der Waals surface area contributed by atoms with E-state index in [0.717, 1.165) is 6.07 Å². The van der Waals surface area contributed by atoms with Crippen LogP contribution in [0.25, 0.3) is 0 Å². The van der Waals surface area contributed by atoms with Crippen LogP contribution in [-0.4, -0.2) is 18.7 Å². The number of nitriles is 1. The predicted octanol–water partition coefficient (Wildman–Crippen LogP) is 1.50. The van der Waals surface area contributed by atoms with Crippen LogP contribution in [0.4, 0.5) is 4.39 Å². The van der Waals surface area contributed by atoms with E-state index in [1.807, 2.05) is 0 Å². The number of hydrogen-bond donors (Lipinski definition) is 1. The standard InChI is InChI=1S/C11H8FIN2O2/c1-15-11(17)7(5-14)10(16)6-2-3-9(13)8(12)4-6/h2-4,7H,1H3,(H,15,17)/t7-/m1/s1. The quantitative estimate of drug-likeness (QED) is 0.512. The molecular formula is C11H8FIN2O2. The van der Waals surface area contributed by atoms with E-state index in [2.05, 4.69) is 5.32 Å². The zero-order chi connectivity index (χ0) is 13.0. The number of benzene rings is 1. The average molecular weight is 346 g/mol. The molecule has 1 amide bonds. The lowest BCUT2D eigenvalue weighted by atomic mass is 9.98. The molecule has 1 aromatic carbocycles. The van der Waals surface area contributed by atoms with Crippen molar-refractivity contribution in [1.82, 2.24) is 5.32 Å². The van der Waals surface area contributed by atoms with Crippen LogP contribution >= 0.6 is 22.6 Å². The van der Waals surface area contributed by atoms with Crippen LogP contribution in [0.3, 0.4) is 0 Å². The summed E-state index contributed by atoms with van der Waals surface area (Å²) in [5.74, 6) is -3.40. The first-order valence-electron chi connectivity index (χ1n) is 4.61. The number of carbonyl (C=O) groups is 2. The lowest BCUT2D eigenvalue weighted by Crippen LogP contribution is -2.32. The van der Waals surface area contributed by atoms with Crippen molar-refractivity contribution in [3.05, 3.63) is 33.1 Å². The maximum Gasteiger partial charge on any atom is 0.245 e. The van der Waals surface area contributed by atoms with Gasteiger partial charge in [0.05, 0.1) is 6.07 Å². The highest BCUT2D eigenvalue weighted by Gasteiger charge is 2.26. The van der Waals surface area contributed by atoms with Gasteiger partial charge < -0.3 is 5.32 Å². The zero-order valence-electron chi connectivity index (χ0n) is 8.83. The maximum absolute atomic E-state index is 13.2. The van der Waals surface area contributed by atoms with Crippen molar-refractivity contribution in [3.63, 3.8) is 0 Å². The van der Waals surface area contributed by atoms with Gasteiger partial charge in [-0.3, -0.25) is 9.59 Å². The van der Waals surface area contributed by atoms with Gasteiger partial charge >= 0.3 is 0 Å². The first-order chi connectivity index (χ1) is 8.01. The molecule has 0 unspecified atom stereocenters. The summed E-state index contributed by atoms with van der Waals surface area (Å²) in [6, 6.07) is 5.43. The number of carbonyl (C=O) groups excluding carboxylic acids is 2. The van der Waals surface area contributed by atoms with Crippen molar-refractivity contribution in [2.75, 3.05) is 7.05 Å². The van der Waals surface area contributed by atoms with E-state index in [0.29, 0.717) is 3.57 Å². The van der Waals surface area contributed by atoms with Crippen molar-refractivity contribution in [1.29, 1.82) is 5.26 Å². The van der Waals surface area contributed by atoms with Crippen LogP contribution in [0.5, 0.6) is 0 Å². The topological polar surface area (TPSA) is 70.0 Å². The van der Waals surface area contributed by atoms with Gasteiger partial charge in [0.15, 0.2) is 11.7 Å². The lowest BCUT2D eigenvalue weighted by molar-refractivity contribution is -0.121. The second-order valence-electron chi connectivity index (χ2n) is 3.17. The second-order valence-corrected chi connectivity index (χ2v) is 4.33. The van der Waals surface area contributed by atoms with Gasteiger partial charge in [0.25, 0.3) is 0 Å². The predicted molar refractivity (Wildman–Crippen MR) is 66.6 cm³/mol. The molecule has 17 heavy (non-hydrogen) atoms. The normalized spacial score (nSPS) is 11.4. The molecule has 0 bridgehead atoms. The van der Waals surface area contributed by atoms with Crippen molar-refractivity contribution in [3.8, 4) is 6.07 Å². The molecule has 0 radical (unpaired) electrons. The Bertz CT molecular complexity index is 511. The molecule has 0 saturated carbocycles. The smallest absolute Gasteiger partial charge is 0.245 e. The monoisotopic (exact) mass is 346 g/mol. The number of ketones is 1. The van der Waals surface area contributed by atoms with Gasteiger partial charge in [0.1, 0.15) is 5.82 Å². The summed E-state index contributed by atoms with van der Waals surface area (Å²) in [4.78, 5) is 23.0. The largest absolute Gasteiger partial charge is 0.358 e. The average Bonchev–Trinajstić information content (AvgIpc) is 2.33. The highest BCUT2D eigenvalue weighted by Crippen LogP contribution is 2.15. The van der Waals surface area contributed by atoms with Gasteiger partial charge in [-0.15, -0.1) is 0 Å². The molecule has 0 spiro atoms. The van der Waals surface area contributed by atoms with Crippen LogP contribution in [0.2, 0.25) is 0 Å². The highest BCUT2D eigenvalue weighted by atomic mass is 127. The molecule has 0 aliphatic rings. The number of rotatable bonds is 3. The van der Waals surface area contributed by atoms with Crippen LogP contribution in [-0.2, 0) is 4.79 Å². The molecule has 0 heterocycles. The Morgan fingerprint density at radius 3 is 2.65 bits per heavy atom. The molecule has 0 fully saturated rings. The molecule has 6 heteroatoms.